The molecule has 7 atom stereocenters. The highest BCUT2D eigenvalue weighted by molar-refractivity contribution is 8.98. The summed E-state index contributed by atoms with van der Waals surface area (Å²) in [4.78, 5) is 24.5. The lowest BCUT2D eigenvalue weighted by Crippen LogP contribution is -2.37. The number of carbonyl (C=O) groups excluding carboxylic acids is 2. The monoisotopic (exact) mass is 602 g/mol. The molecule has 1 rings (SSSR count). The fourth-order valence-electron chi connectivity index (χ4n) is 3.00. The zero-order chi connectivity index (χ0) is 24.8. The van der Waals surface area contributed by atoms with Crippen LogP contribution in [-0.4, -0.2) is 50.4 Å². The molecule has 32 heavy (non-hydrogen) atoms. The minimum atomic E-state index is -0.801. The van der Waals surface area contributed by atoms with Crippen LogP contribution < -0.4 is 0 Å². The van der Waals surface area contributed by atoms with Gasteiger partial charge in [-0.25, -0.2) is 0 Å². The van der Waals surface area contributed by atoms with Crippen molar-refractivity contribution in [3.63, 3.8) is 0 Å². The molecule has 0 amide bonds. The molecule has 6 nitrogen and oxygen atoms in total. The van der Waals surface area contributed by atoms with Crippen LogP contribution in [0.1, 0.15) is 53.4 Å². The first kappa shape index (κ1) is 34.2. The number of ether oxygens (including phenoxy) is 4. The molecule has 7 unspecified atom stereocenters. The van der Waals surface area contributed by atoms with Gasteiger partial charge < -0.3 is 18.9 Å². The van der Waals surface area contributed by atoms with E-state index < -0.39 is 10.8 Å². The van der Waals surface area contributed by atoms with Gasteiger partial charge in [0.15, 0.2) is 6.29 Å². The van der Waals surface area contributed by atoms with E-state index in [1.54, 1.807) is 27.7 Å². The fourth-order valence-corrected chi connectivity index (χ4v) is 19.2. The molecular formula is C18H41O6P7S. The highest BCUT2D eigenvalue weighted by Crippen LogP contribution is 2.92. The summed E-state index contributed by atoms with van der Waals surface area (Å²) in [5.74, 6) is -0.214. The zero-order valence-corrected chi connectivity index (χ0v) is 27.8. The van der Waals surface area contributed by atoms with Crippen LogP contribution in [0.15, 0.2) is 0 Å². The number of esters is 2. The predicted octanol–water partition coefficient (Wildman–Crippen LogP) is 6.61. The zero-order valence-electron chi connectivity index (χ0n) is 19.5. The van der Waals surface area contributed by atoms with Gasteiger partial charge in [0.25, 0.3) is 0 Å². The minimum Gasteiger partial charge on any atom is -0.464 e. The van der Waals surface area contributed by atoms with Gasteiger partial charge in [-0.2, -0.15) is 12.6 Å². The smallest absolute Gasteiger partial charge is 0.311 e. The van der Waals surface area contributed by atoms with Crippen molar-refractivity contribution in [1.82, 2.24) is 0 Å². The van der Waals surface area contributed by atoms with Crippen LogP contribution in [0.3, 0.4) is 0 Å². The number of carbonyl (C=O) groups is 2. The molecule has 0 N–H and O–H groups in total. The van der Waals surface area contributed by atoms with Gasteiger partial charge in [-0.1, -0.05) is 7.96 Å². The van der Waals surface area contributed by atoms with Gasteiger partial charge in [0.1, 0.15) is 13.2 Å². The lowest BCUT2D eigenvalue weighted by molar-refractivity contribution is -0.178. The van der Waals surface area contributed by atoms with Gasteiger partial charge in [0.2, 0.25) is 0 Å². The highest BCUT2D eigenvalue weighted by atomic mass is 33.0. The van der Waals surface area contributed by atoms with Crippen LogP contribution in [0.2, 0.25) is 0 Å². The van der Waals surface area contributed by atoms with Crippen LogP contribution in [0.25, 0.3) is 0 Å². The normalized spacial score (nSPS) is 18.2. The maximum Gasteiger partial charge on any atom is 0.311 e. The Morgan fingerprint density at radius 1 is 1.03 bits per heavy atom. The first-order valence-corrected chi connectivity index (χ1v) is 22.9. The number of thiol groups is 1. The standard InChI is InChI=1S/C18H32O6S.H9P7/c1-17(2,13-18(3,4)16(20)24-11-12-25)15(19)23-10-9-22-14-7-5-6-8-21-14;1-5-7(4)6(2)3/h14,25H,5-13H2,1-4H3;5H,1-4H2. The summed E-state index contributed by atoms with van der Waals surface area (Å²) in [6.45, 7) is 8.99. The van der Waals surface area contributed by atoms with Gasteiger partial charge in [0, 0.05) is 12.4 Å². The van der Waals surface area contributed by atoms with E-state index in [0.717, 1.165) is 33.8 Å². The Morgan fingerprint density at radius 3 is 2.00 bits per heavy atom. The van der Waals surface area contributed by atoms with E-state index in [-0.39, 0.29) is 45.4 Å². The summed E-state index contributed by atoms with van der Waals surface area (Å²) in [6.07, 6.45) is 3.17. The number of hydrogen-bond donors (Lipinski definition) is 1. The van der Waals surface area contributed by atoms with Crippen molar-refractivity contribution in [3.8, 4) is 0 Å². The maximum absolute atomic E-state index is 12.4. The highest BCUT2D eigenvalue weighted by Gasteiger charge is 2.40. The maximum atomic E-state index is 12.4. The second kappa shape index (κ2) is 18.5. The molecular weight excluding hydrogens is 561 g/mol. The van der Waals surface area contributed by atoms with Crippen molar-refractivity contribution in [1.29, 1.82) is 0 Å². The minimum absolute atomic E-state index is 0.173. The van der Waals surface area contributed by atoms with Gasteiger partial charge in [-0.15, -0.1) is 35.7 Å². The van der Waals surface area contributed by atoms with Crippen molar-refractivity contribution in [3.05, 3.63) is 0 Å². The van der Waals surface area contributed by atoms with Crippen LogP contribution in [0.5, 0.6) is 0 Å². The van der Waals surface area contributed by atoms with Gasteiger partial charge >= 0.3 is 11.9 Å². The molecule has 0 saturated carbocycles. The Labute approximate surface area is 212 Å². The molecule has 1 fully saturated rings. The molecule has 1 heterocycles. The summed E-state index contributed by atoms with van der Waals surface area (Å²) in [6, 6.07) is 0. The third-order valence-corrected chi connectivity index (χ3v) is 35.1. The fraction of sp³-hybridized carbons (Fsp3) is 0.889. The summed E-state index contributed by atoms with van der Waals surface area (Å²) >= 11 is 4.02. The Hall–Kier alpha value is 2.22. The molecule has 0 aromatic rings. The molecule has 14 heteroatoms. The first-order valence-electron chi connectivity index (χ1n) is 10.4. The summed E-state index contributed by atoms with van der Waals surface area (Å²) in [5.41, 5.74) is -1.58. The van der Waals surface area contributed by atoms with Crippen LogP contribution in [0, 0.1) is 10.8 Å². The van der Waals surface area contributed by atoms with E-state index in [4.69, 9.17) is 18.9 Å². The van der Waals surface area contributed by atoms with E-state index >= 15 is 0 Å². The molecule has 190 valence electrons. The molecule has 0 bridgehead atoms. The molecule has 1 aliphatic heterocycles. The Kier molecular flexibility index (Phi) is 19.7. The van der Waals surface area contributed by atoms with Gasteiger partial charge in [-0.05, 0) is 67.4 Å². The topological polar surface area (TPSA) is 71.1 Å². The van der Waals surface area contributed by atoms with Crippen LogP contribution in [-0.2, 0) is 28.5 Å². The molecule has 0 spiro atoms. The largest absolute Gasteiger partial charge is 0.464 e. The van der Waals surface area contributed by atoms with Crippen molar-refractivity contribution in [2.75, 3.05) is 32.2 Å². The Bertz CT molecular complexity index is 548. The van der Waals surface area contributed by atoms with E-state index in [0.29, 0.717) is 18.8 Å². The lowest BCUT2D eigenvalue weighted by Gasteiger charge is -2.31. The second-order valence-electron chi connectivity index (χ2n) is 8.46. The third-order valence-electron chi connectivity index (χ3n) is 4.45. The van der Waals surface area contributed by atoms with E-state index in [1.165, 1.54) is 0 Å². The molecule has 0 aliphatic carbocycles. The summed E-state index contributed by atoms with van der Waals surface area (Å²) in [7, 11) is 12.4. The summed E-state index contributed by atoms with van der Waals surface area (Å²) < 4.78 is 21.5. The Balaban J connectivity index is 0.00000118. The van der Waals surface area contributed by atoms with Crippen molar-refractivity contribution < 1.29 is 28.5 Å². The van der Waals surface area contributed by atoms with E-state index in [9.17, 15) is 9.59 Å². The number of rotatable bonds is 12. The lowest BCUT2D eigenvalue weighted by atomic mass is 9.75. The molecule has 1 saturated heterocycles. The number of hydrogen-bond acceptors (Lipinski definition) is 7. The van der Waals surface area contributed by atoms with E-state index in [1.807, 2.05) is 0 Å². The first-order chi connectivity index (χ1) is 14.9. The van der Waals surface area contributed by atoms with Crippen molar-refractivity contribution in [2.45, 2.75) is 59.7 Å². The molecule has 0 aromatic heterocycles. The van der Waals surface area contributed by atoms with Crippen molar-refractivity contribution in [2.24, 2.45) is 10.8 Å². The van der Waals surface area contributed by atoms with Crippen LogP contribution >= 0.6 is 70.3 Å². The van der Waals surface area contributed by atoms with Crippen molar-refractivity contribution >= 4 is 82.2 Å². The van der Waals surface area contributed by atoms with Crippen LogP contribution in [0.4, 0.5) is 0 Å². The SMILES string of the molecule is CC(C)(CC(C)(C)C(=O)OCCOC1CCCCO1)C(=O)OCCS.PPP(P)P(P)P. The second-order valence-corrected chi connectivity index (χ2v) is 31.1. The molecule has 0 radical (unpaired) electrons. The third kappa shape index (κ3) is 15.4. The quantitative estimate of drug-likeness (QED) is 0.117. The van der Waals surface area contributed by atoms with E-state index in [2.05, 4.69) is 48.3 Å². The molecule has 1 aliphatic rings. The average Bonchev–Trinajstić information content (AvgIpc) is 2.74. The summed E-state index contributed by atoms with van der Waals surface area (Å²) in [5, 5.41) is 0. The van der Waals surface area contributed by atoms with Gasteiger partial charge in [-0.3, -0.25) is 9.59 Å². The predicted molar refractivity (Wildman–Crippen MR) is 158 cm³/mol. The Morgan fingerprint density at radius 2 is 1.59 bits per heavy atom. The van der Waals surface area contributed by atoms with Gasteiger partial charge in [0.05, 0.1) is 17.4 Å². The average molecular weight is 602 g/mol. The molecule has 0 aromatic carbocycles.